The maximum absolute atomic E-state index is 4.52. The summed E-state index contributed by atoms with van der Waals surface area (Å²) in [5.74, 6) is 0. The molecule has 40 heavy (non-hydrogen) atoms. The summed E-state index contributed by atoms with van der Waals surface area (Å²) in [5, 5.41) is 27.3. The van der Waals surface area contributed by atoms with Crippen LogP contribution in [0.2, 0.25) is 0 Å². The second-order valence-corrected chi connectivity index (χ2v) is 13.1. The van der Waals surface area contributed by atoms with Gasteiger partial charge in [-0.05, 0) is 58.7 Å². The number of nitrogens with zero attached hydrogens (tertiary/aromatic N) is 4. The van der Waals surface area contributed by atoms with Crippen molar-refractivity contribution in [3.8, 4) is 21.1 Å². The standard InChI is InChI=1S/C34H42N4S2/c1-3-5-7-9-11-13-15-31-35-37-33(39-31)27-19-17-25-22-30-24-28(20-18-26(30)21-29(25)23-27)34-38-36-32(40-34)16-14-12-10-8-6-4-2/h17-24H,3-16H2,1-2H3. The van der Waals surface area contributed by atoms with Gasteiger partial charge < -0.3 is 0 Å². The molecule has 3 aromatic carbocycles. The Hall–Kier alpha value is -2.70. The minimum Gasteiger partial charge on any atom is -0.143 e. The Bertz CT molecular complexity index is 1390. The molecule has 0 bridgehead atoms. The number of aromatic nitrogens is 4. The largest absolute Gasteiger partial charge is 0.147 e. The minimum absolute atomic E-state index is 1.02. The molecular weight excluding hydrogens is 529 g/mol. The summed E-state index contributed by atoms with van der Waals surface area (Å²) in [6, 6.07) is 17.9. The molecule has 0 amide bonds. The summed E-state index contributed by atoms with van der Waals surface area (Å²) >= 11 is 3.49. The molecule has 0 fully saturated rings. The zero-order valence-electron chi connectivity index (χ0n) is 24.1. The van der Waals surface area contributed by atoms with Gasteiger partial charge in [0.1, 0.15) is 20.0 Å². The summed E-state index contributed by atoms with van der Waals surface area (Å²) in [6.45, 7) is 4.53. The molecule has 0 spiro atoms. The number of aryl methyl sites for hydroxylation is 2. The van der Waals surface area contributed by atoms with E-state index in [0.29, 0.717) is 0 Å². The van der Waals surface area contributed by atoms with Crippen LogP contribution in [-0.4, -0.2) is 20.4 Å². The molecule has 4 nitrogen and oxygen atoms in total. The Labute approximate surface area is 247 Å². The van der Waals surface area contributed by atoms with Crippen molar-refractivity contribution in [3.05, 3.63) is 58.5 Å². The van der Waals surface area contributed by atoms with Crippen molar-refractivity contribution in [2.24, 2.45) is 0 Å². The third-order valence-corrected chi connectivity index (χ3v) is 9.78. The van der Waals surface area contributed by atoms with Gasteiger partial charge in [0.2, 0.25) is 0 Å². The van der Waals surface area contributed by atoms with Crippen molar-refractivity contribution >= 4 is 44.2 Å². The molecule has 0 aliphatic carbocycles. The Morgan fingerprint density at radius 1 is 0.450 bits per heavy atom. The molecule has 5 rings (SSSR count). The van der Waals surface area contributed by atoms with E-state index in [9.17, 15) is 0 Å². The van der Waals surface area contributed by atoms with Crippen LogP contribution in [0.5, 0.6) is 0 Å². The number of benzene rings is 3. The Morgan fingerprint density at radius 3 is 1.32 bits per heavy atom. The van der Waals surface area contributed by atoms with Crippen molar-refractivity contribution in [1.29, 1.82) is 0 Å². The van der Waals surface area contributed by atoms with Crippen molar-refractivity contribution in [3.63, 3.8) is 0 Å². The third-order valence-electron chi connectivity index (χ3n) is 7.71. The predicted octanol–water partition coefficient (Wildman–Crippen LogP) is 10.8. The number of fused-ring (bicyclic) bond motifs is 2. The summed E-state index contributed by atoms with van der Waals surface area (Å²) in [5.41, 5.74) is 2.31. The van der Waals surface area contributed by atoms with Gasteiger partial charge in [-0.15, -0.1) is 20.4 Å². The highest BCUT2D eigenvalue weighted by Crippen LogP contribution is 2.33. The maximum atomic E-state index is 4.52. The minimum atomic E-state index is 1.02. The molecule has 6 heteroatoms. The van der Waals surface area contributed by atoms with E-state index in [-0.39, 0.29) is 0 Å². The molecule has 2 heterocycles. The molecule has 0 unspecified atom stereocenters. The van der Waals surface area contributed by atoms with E-state index in [1.165, 1.54) is 98.6 Å². The fourth-order valence-corrected chi connectivity index (χ4v) is 7.07. The zero-order valence-corrected chi connectivity index (χ0v) is 25.8. The normalized spacial score (nSPS) is 11.7. The topological polar surface area (TPSA) is 51.6 Å². The van der Waals surface area contributed by atoms with Gasteiger partial charge in [-0.25, -0.2) is 0 Å². The summed E-state index contributed by atoms with van der Waals surface area (Å²) in [7, 11) is 0. The second kappa shape index (κ2) is 14.8. The lowest BCUT2D eigenvalue weighted by atomic mass is 10.0. The quantitative estimate of drug-likeness (QED) is 0.0874. The third kappa shape index (κ3) is 7.73. The fourth-order valence-electron chi connectivity index (χ4n) is 5.32. The lowest BCUT2D eigenvalue weighted by Gasteiger charge is -2.06. The number of hydrogen-bond acceptors (Lipinski definition) is 6. The molecular formula is C34H42N4S2. The van der Waals surface area contributed by atoms with Crippen LogP contribution in [0.1, 0.15) is 101 Å². The molecule has 0 saturated heterocycles. The van der Waals surface area contributed by atoms with E-state index in [1.54, 1.807) is 22.7 Å². The Kier molecular flexibility index (Phi) is 10.7. The predicted molar refractivity (Wildman–Crippen MR) is 173 cm³/mol. The van der Waals surface area contributed by atoms with E-state index < -0.39 is 0 Å². The van der Waals surface area contributed by atoms with Crippen LogP contribution < -0.4 is 0 Å². The van der Waals surface area contributed by atoms with Crippen LogP contribution in [0.4, 0.5) is 0 Å². The number of hydrogen-bond donors (Lipinski definition) is 0. The van der Waals surface area contributed by atoms with Gasteiger partial charge >= 0.3 is 0 Å². The molecule has 210 valence electrons. The Balaban J connectivity index is 1.23. The molecule has 0 saturated carbocycles. The molecule has 0 aliphatic heterocycles. The molecule has 0 aliphatic rings. The van der Waals surface area contributed by atoms with Crippen LogP contribution in [0.3, 0.4) is 0 Å². The highest BCUT2D eigenvalue weighted by Gasteiger charge is 2.11. The van der Waals surface area contributed by atoms with Crippen molar-refractivity contribution in [2.75, 3.05) is 0 Å². The van der Waals surface area contributed by atoms with Gasteiger partial charge in [0, 0.05) is 24.0 Å². The smallest absolute Gasteiger partial charge is 0.143 e. The van der Waals surface area contributed by atoms with Gasteiger partial charge in [-0.2, -0.15) is 0 Å². The number of unbranched alkanes of at least 4 members (excludes halogenated alkanes) is 10. The van der Waals surface area contributed by atoms with Gasteiger partial charge in [0.25, 0.3) is 0 Å². The highest BCUT2D eigenvalue weighted by molar-refractivity contribution is 7.15. The van der Waals surface area contributed by atoms with E-state index in [1.807, 2.05) is 0 Å². The molecule has 0 radical (unpaired) electrons. The average Bonchev–Trinajstić information content (AvgIpc) is 3.65. The zero-order chi connectivity index (χ0) is 27.6. The first-order valence-corrected chi connectivity index (χ1v) is 17.0. The van der Waals surface area contributed by atoms with E-state index in [4.69, 9.17) is 0 Å². The first-order chi connectivity index (χ1) is 19.7. The van der Waals surface area contributed by atoms with Crippen LogP contribution in [0, 0.1) is 0 Å². The maximum Gasteiger partial charge on any atom is 0.147 e. The monoisotopic (exact) mass is 570 g/mol. The van der Waals surface area contributed by atoms with E-state index in [2.05, 4.69) is 82.8 Å². The van der Waals surface area contributed by atoms with Gasteiger partial charge in [-0.1, -0.05) is 125 Å². The summed E-state index contributed by atoms with van der Waals surface area (Å²) in [6.07, 6.45) is 17.8. The van der Waals surface area contributed by atoms with Gasteiger partial charge in [-0.3, -0.25) is 0 Å². The summed E-state index contributed by atoms with van der Waals surface area (Å²) in [4.78, 5) is 0. The van der Waals surface area contributed by atoms with Gasteiger partial charge in [0.15, 0.2) is 0 Å². The van der Waals surface area contributed by atoms with Crippen LogP contribution in [-0.2, 0) is 12.8 Å². The SMILES string of the molecule is CCCCCCCCc1nnc(-c2ccc3cc4cc(-c5nnc(CCCCCCCC)s5)ccc4cc3c2)s1. The molecule has 0 atom stereocenters. The average molecular weight is 571 g/mol. The lowest BCUT2D eigenvalue weighted by molar-refractivity contribution is 0.606. The number of rotatable bonds is 16. The molecule has 5 aromatic rings. The first kappa shape index (κ1) is 28.8. The first-order valence-electron chi connectivity index (χ1n) is 15.4. The van der Waals surface area contributed by atoms with Crippen molar-refractivity contribution in [2.45, 2.75) is 104 Å². The molecule has 0 N–H and O–H groups in total. The van der Waals surface area contributed by atoms with Crippen molar-refractivity contribution in [1.82, 2.24) is 20.4 Å². The fraction of sp³-hybridized carbons (Fsp3) is 0.471. The summed E-state index contributed by atoms with van der Waals surface area (Å²) < 4.78 is 0. The van der Waals surface area contributed by atoms with Crippen LogP contribution >= 0.6 is 22.7 Å². The van der Waals surface area contributed by atoms with E-state index in [0.717, 1.165) is 44.0 Å². The Morgan fingerprint density at radius 2 is 0.875 bits per heavy atom. The second-order valence-electron chi connectivity index (χ2n) is 11.0. The van der Waals surface area contributed by atoms with Gasteiger partial charge in [0.05, 0.1) is 0 Å². The van der Waals surface area contributed by atoms with Crippen molar-refractivity contribution < 1.29 is 0 Å². The van der Waals surface area contributed by atoms with E-state index >= 15 is 0 Å². The van der Waals surface area contributed by atoms with Crippen LogP contribution in [0.25, 0.3) is 42.7 Å². The lowest BCUT2D eigenvalue weighted by Crippen LogP contribution is -1.85. The van der Waals surface area contributed by atoms with Crippen LogP contribution in [0.15, 0.2) is 48.5 Å². The highest BCUT2D eigenvalue weighted by atomic mass is 32.1. The molecule has 2 aromatic heterocycles.